The van der Waals surface area contributed by atoms with Crippen LogP contribution in [0.15, 0.2) is 28.7 Å². The standard InChI is InChI=1S/C25H30N4O5S/c1-7-29(8-2)16-11-10-15-12-17(21(26)34-18(15)13-16)22(30)27-23-19(25(32)33-9-3)14(4)20(35-23)24(31)28(5)6/h10-13,26H,7-9H2,1-6H3,(H,27,30). The van der Waals surface area contributed by atoms with E-state index in [0.29, 0.717) is 21.4 Å². The van der Waals surface area contributed by atoms with Crippen LogP contribution < -0.4 is 15.8 Å². The fourth-order valence-corrected chi connectivity index (χ4v) is 4.91. The number of anilines is 2. The summed E-state index contributed by atoms with van der Waals surface area (Å²) in [5.74, 6) is -1.54. The zero-order valence-electron chi connectivity index (χ0n) is 20.8. The van der Waals surface area contributed by atoms with Crippen LogP contribution >= 0.6 is 11.3 Å². The Balaban J connectivity index is 2.01. The minimum Gasteiger partial charge on any atom is -0.462 e. The highest BCUT2D eigenvalue weighted by molar-refractivity contribution is 7.18. The van der Waals surface area contributed by atoms with E-state index in [1.807, 2.05) is 18.2 Å². The van der Waals surface area contributed by atoms with Crippen molar-refractivity contribution in [3.63, 3.8) is 0 Å². The molecule has 0 aliphatic carbocycles. The molecule has 35 heavy (non-hydrogen) atoms. The number of thiophene rings is 1. The molecule has 1 aromatic carbocycles. The van der Waals surface area contributed by atoms with E-state index in [1.54, 1.807) is 34.0 Å². The summed E-state index contributed by atoms with van der Waals surface area (Å²) in [6.45, 7) is 9.25. The Bertz CT molecular complexity index is 1340. The van der Waals surface area contributed by atoms with Crippen molar-refractivity contribution in [2.45, 2.75) is 27.7 Å². The van der Waals surface area contributed by atoms with Crippen molar-refractivity contribution in [1.82, 2.24) is 4.90 Å². The lowest BCUT2D eigenvalue weighted by atomic mass is 10.1. The van der Waals surface area contributed by atoms with Gasteiger partial charge in [0.05, 0.1) is 17.0 Å². The van der Waals surface area contributed by atoms with Gasteiger partial charge in [-0.3, -0.25) is 15.0 Å². The zero-order valence-corrected chi connectivity index (χ0v) is 21.6. The lowest BCUT2D eigenvalue weighted by Gasteiger charge is -2.21. The fraction of sp³-hybridized carbons (Fsp3) is 0.360. The minimum atomic E-state index is -0.632. The fourth-order valence-electron chi connectivity index (χ4n) is 3.70. The van der Waals surface area contributed by atoms with Crippen LogP contribution in [0.25, 0.3) is 11.0 Å². The number of benzene rings is 1. The van der Waals surface area contributed by atoms with Crippen molar-refractivity contribution in [1.29, 1.82) is 5.41 Å². The number of rotatable bonds is 8. The highest BCUT2D eigenvalue weighted by Crippen LogP contribution is 2.35. The zero-order chi connectivity index (χ0) is 25.9. The number of ether oxygens (including phenoxy) is 1. The largest absolute Gasteiger partial charge is 0.462 e. The number of esters is 1. The first kappa shape index (κ1) is 26.0. The first-order valence-electron chi connectivity index (χ1n) is 11.3. The third-order valence-electron chi connectivity index (χ3n) is 5.58. The van der Waals surface area contributed by atoms with Crippen LogP contribution in [-0.2, 0) is 4.74 Å². The number of amides is 2. The van der Waals surface area contributed by atoms with Crippen LogP contribution in [0.4, 0.5) is 10.7 Å². The molecule has 2 heterocycles. The predicted octanol–water partition coefficient (Wildman–Crippen LogP) is 4.26. The van der Waals surface area contributed by atoms with Crippen LogP contribution in [0.1, 0.15) is 56.7 Å². The number of hydrogen-bond acceptors (Lipinski definition) is 8. The topological polar surface area (TPSA) is 116 Å². The molecule has 3 aromatic rings. The van der Waals surface area contributed by atoms with Gasteiger partial charge in [-0.25, -0.2) is 4.79 Å². The van der Waals surface area contributed by atoms with Crippen molar-refractivity contribution in [2.75, 3.05) is 44.0 Å². The van der Waals surface area contributed by atoms with E-state index in [9.17, 15) is 14.4 Å². The van der Waals surface area contributed by atoms with Gasteiger partial charge in [0, 0.05) is 44.3 Å². The monoisotopic (exact) mass is 498 g/mol. The molecule has 0 radical (unpaired) electrons. The molecular weight excluding hydrogens is 468 g/mol. The molecule has 0 saturated carbocycles. The molecule has 0 saturated heterocycles. The van der Waals surface area contributed by atoms with Gasteiger partial charge < -0.3 is 24.3 Å². The molecule has 10 heteroatoms. The van der Waals surface area contributed by atoms with E-state index in [-0.39, 0.29) is 34.2 Å². The highest BCUT2D eigenvalue weighted by atomic mass is 32.1. The average Bonchev–Trinajstić information content (AvgIpc) is 3.14. The van der Waals surface area contributed by atoms with Gasteiger partial charge in [0.25, 0.3) is 11.8 Å². The van der Waals surface area contributed by atoms with E-state index in [4.69, 9.17) is 14.6 Å². The van der Waals surface area contributed by atoms with Gasteiger partial charge in [-0.15, -0.1) is 11.3 Å². The van der Waals surface area contributed by atoms with Gasteiger partial charge in [-0.2, -0.15) is 0 Å². The Morgan fingerprint density at radius 3 is 2.40 bits per heavy atom. The van der Waals surface area contributed by atoms with Gasteiger partial charge in [0.15, 0.2) is 0 Å². The number of carbonyl (C=O) groups is 3. The SMILES string of the molecule is CCOC(=O)c1c(NC(=O)c2cc3ccc(N(CC)CC)cc3oc2=N)sc(C(=O)N(C)C)c1C. The van der Waals surface area contributed by atoms with Crippen molar-refractivity contribution in [2.24, 2.45) is 0 Å². The first-order chi connectivity index (χ1) is 16.6. The smallest absolute Gasteiger partial charge is 0.341 e. The minimum absolute atomic E-state index is 0.00874. The maximum Gasteiger partial charge on any atom is 0.341 e. The van der Waals surface area contributed by atoms with Crippen molar-refractivity contribution >= 4 is 50.8 Å². The number of nitrogens with one attached hydrogen (secondary N) is 2. The van der Waals surface area contributed by atoms with Gasteiger partial charge in [-0.1, -0.05) is 0 Å². The first-order valence-corrected chi connectivity index (χ1v) is 12.1. The molecule has 0 spiro atoms. The number of carbonyl (C=O) groups excluding carboxylic acids is 3. The number of nitrogens with zero attached hydrogens (tertiary/aromatic N) is 2. The third kappa shape index (κ3) is 5.22. The molecular formula is C25H30N4O5S. The molecule has 186 valence electrons. The number of fused-ring (bicyclic) bond motifs is 1. The second-order valence-corrected chi connectivity index (χ2v) is 9.04. The van der Waals surface area contributed by atoms with E-state index in [2.05, 4.69) is 24.1 Å². The maximum atomic E-state index is 13.2. The van der Waals surface area contributed by atoms with Crippen molar-refractivity contribution in [3.8, 4) is 0 Å². The molecule has 0 atom stereocenters. The molecule has 0 fully saturated rings. The molecule has 0 aliphatic rings. The molecule has 2 N–H and O–H groups in total. The van der Waals surface area contributed by atoms with Crippen LogP contribution in [0.2, 0.25) is 0 Å². The molecule has 3 rings (SSSR count). The summed E-state index contributed by atoms with van der Waals surface area (Å²) in [5, 5.41) is 11.8. The molecule has 0 unspecified atom stereocenters. The van der Waals surface area contributed by atoms with Crippen LogP contribution in [-0.4, -0.2) is 56.5 Å². The second-order valence-electron chi connectivity index (χ2n) is 8.02. The van der Waals surface area contributed by atoms with Crippen molar-refractivity contribution in [3.05, 3.63) is 51.4 Å². The van der Waals surface area contributed by atoms with Crippen LogP contribution in [0, 0.1) is 12.3 Å². The van der Waals surface area contributed by atoms with Crippen molar-refractivity contribution < 1.29 is 23.5 Å². The van der Waals surface area contributed by atoms with Gasteiger partial charge in [0.1, 0.15) is 16.1 Å². The summed E-state index contributed by atoms with van der Waals surface area (Å²) in [5.41, 5.74) is 1.73. The Morgan fingerprint density at radius 2 is 1.80 bits per heavy atom. The Hall–Kier alpha value is -3.66. The highest BCUT2D eigenvalue weighted by Gasteiger charge is 2.28. The summed E-state index contributed by atoms with van der Waals surface area (Å²) >= 11 is 0.998. The lowest BCUT2D eigenvalue weighted by Crippen LogP contribution is -2.22. The van der Waals surface area contributed by atoms with E-state index >= 15 is 0 Å². The summed E-state index contributed by atoms with van der Waals surface area (Å²) in [4.78, 5) is 42.3. The number of hydrogen-bond donors (Lipinski definition) is 2. The average molecular weight is 499 g/mol. The summed E-state index contributed by atoms with van der Waals surface area (Å²) in [6, 6.07) is 7.22. The summed E-state index contributed by atoms with van der Waals surface area (Å²) in [7, 11) is 3.22. The molecule has 0 aliphatic heterocycles. The van der Waals surface area contributed by atoms with E-state index in [0.717, 1.165) is 30.1 Å². The lowest BCUT2D eigenvalue weighted by molar-refractivity contribution is 0.0527. The summed E-state index contributed by atoms with van der Waals surface area (Å²) < 4.78 is 10.8. The Kier molecular flexibility index (Phi) is 7.96. The van der Waals surface area contributed by atoms with E-state index in [1.165, 1.54) is 4.90 Å². The molecule has 2 aromatic heterocycles. The molecule has 2 amide bonds. The van der Waals surface area contributed by atoms with E-state index < -0.39 is 11.9 Å². The Morgan fingerprint density at radius 1 is 1.11 bits per heavy atom. The van der Waals surface area contributed by atoms with Gasteiger partial charge in [-0.05, 0) is 51.5 Å². The van der Waals surface area contributed by atoms with Crippen LogP contribution in [0.5, 0.6) is 0 Å². The molecule has 9 nitrogen and oxygen atoms in total. The van der Waals surface area contributed by atoms with Crippen LogP contribution in [0.3, 0.4) is 0 Å². The quantitative estimate of drug-likeness (QED) is 0.449. The third-order valence-corrected chi connectivity index (χ3v) is 6.78. The predicted molar refractivity (Wildman–Crippen MR) is 137 cm³/mol. The normalized spacial score (nSPS) is 10.8. The Labute approximate surface area is 207 Å². The molecule has 0 bridgehead atoms. The maximum absolute atomic E-state index is 13.2. The summed E-state index contributed by atoms with van der Waals surface area (Å²) in [6.07, 6.45) is 0. The van der Waals surface area contributed by atoms with Gasteiger partial charge >= 0.3 is 5.97 Å². The second kappa shape index (κ2) is 10.7. The van der Waals surface area contributed by atoms with Gasteiger partial charge in [0.2, 0.25) is 5.55 Å².